The summed E-state index contributed by atoms with van der Waals surface area (Å²) in [5.74, 6) is -4.77. The second-order valence-electron chi connectivity index (χ2n) is 4.94. The molecule has 0 aliphatic carbocycles. The third-order valence-electron chi connectivity index (χ3n) is 3.06. The number of carbonyl (C=O) groups is 3. The van der Waals surface area contributed by atoms with Crippen molar-refractivity contribution in [2.45, 2.75) is 38.4 Å². The molecule has 0 aliphatic heterocycles. The lowest BCUT2D eigenvalue weighted by molar-refractivity contribution is -0.175. The number of benzene rings is 1. The molecular weight excluding hydrogens is 315 g/mol. The van der Waals surface area contributed by atoms with Crippen LogP contribution >= 0.6 is 0 Å². The maximum atomic E-state index is 12.2. The second kappa shape index (κ2) is 7.75. The zero-order chi connectivity index (χ0) is 17.6. The fourth-order valence-electron chi connectivity index (χ4n) is 1.89. The Morgan fingerprint density at radius 1 is 1.17 bits per heavy atom. The molecule has 0 saturated carbocycles. The summed E-state index contributed by atoms with van der Waals surface area (Å²) >= 11 is 0. The van der Waals surface area contributed by atoms with Gasteiger partial charge in [0.1, 0.15) is 6.04 Å². The van der Waals surface area contributed by atoms with Crippen LogP contribution in [0.5, 0.6) is 0 Å². The SMILES string of the molecule is CCCc1ccc(C(=O)C[C@H](NC(=O)C(F)(F)F)C(=O)O)cc1. The molecule has 8 heteroatoms. The van der Waals surface area contributed by atoms with E-state index in [1.165, 1.54) is 17.4 Å². The zero-order valence-electron chi connectivity index (χ0n) is 12.3. The van der Waals surface area contributed by atoms with E-state index in [1.54, 1.807) is 12.1 Å². The molecule has 0 bridgehead atoms. The van der Waals surface area contributed by atoms with Gasteiger partial charge in [0.05, 0.1) is 0 Å². The van der Waals surface area contributed by atoms with Crippen LogP contribution in [-0.4, -0.2) is 35.0 Å². The molecule has 0 radical (unpaired) electrons. The summed E-state index contributed by atoms with van der Waals surface area (Å²) in [7, 11) is 0. The lowest BCUT2D eigenvalue weighted by Gasteiger charge is -2.15. The molecule has 126 valence electrons. The molecule has 1 amide bonds. The predicted octanol–water partition coefficient (Wildman–Crippen LogP) is 2.34. The van der Waals surface area contributed by atoms with Gasteiger partial charge in [-0.15, -0.1) is 0 Å². The molecule has 2 N–H and O–H groups in total. The van der Waals surface area contributed by atoms with Gasteiger partial charge in [-0.25, -0.2) is 4.79 Å². The molecule has 0 aliphatic rings. The topological polar surface area (TPSA) is 83.5 Å². The fraction of sp³-hybridized carbons (Fsp3) is 0.400. The standard InChI is InChI=1S/C15H16F3NO4/c1-2-3-9-4-6-10(7-5-9)12(20)8-11(13(21)22)19-14(23)15(16,17)18/h4-7,11H,2-3,8H2,1H3,(H,19,23)(H,21,22)/t11-/m0/s1. The van der Waals surface area contributed by atoms with E-state index in [9.17, 15) is 27.6 Å². The molecule has 23 heavy (non-hydrogen) atoms. The number of halogens is 3. The van der Waals surface area contributed by atoms with Crippen LogP contribution in [-0.2, 0) is 16.0 Å². The molecule has 1 aromatic carbocycles. The third-order valence-corrected chi connectivity index (χ3v) is 3.06. The van der Waals surface area contributed by atoms with E-state index in [0.717, 1.165) is 18.4 Å². The van der Waals surface area contributed by atoms with Gasteiger partial charge in [-0.05, 0) is 12.0 Å². The van der Waals surface area contributed by atoms with Crippen LogP contribution in [0.2, 0.25) is 0 Å². The lowest BCUT2D eigenvalue weighted by Crippen LogP contribution is -2.47. The minimum atomic E-state index is -5.21. The highest BCUT2D eigenvalue weighted by Gasteiger charge is 2.41. The molecule has 0 saturated heterocycles. The quantitative estimate of drug-likeness (QED) is 0.751. The van der Waals surface area contributed by atoms with Crippen LogP contribution in [0.25, 0.3) is 0 Å². The van der Waals surface area contributed by atoms with Crippen molar-refractivity contribution >= 4 is 17.7 Å². The van der Waals surface area contributed by atoms with Gasteiger partial charge in [0.2, 0.25) is 0 Å². The molecule has 0 aromatic heterocycles. The van der Waals surface area contributed by atoms with Gasteiger partial charge in [0.25, 0.3) is 0 Å². The predicted molar refractivity (Wildman–Crippen MR) is 75.0 cm³/mol. The largest absolute Gasteiger partial charge is 0.480 e. The normalized spacial score (nSPS) is 12.5. The molecule has 0 spiro atoms. The number of carboxylic acids is 1. The Bertz CT molecular complexity index is 581. The monoisotopic (exact) mass is 331 g/mol. The van der Waals surface area contributed by atoms with Crippen LogP contribution < -0.4 is 5.32 Å². The lowest BCUT2D eigenvalue weighted by atomic mass is 10.0. The van der Waals surface area contributed by atoms with E-state index in [4.69, 9.17) is 5.11 Å². The molecule has 1 rings (SSSR count). The van der Waals surface area contributed by atoms with Crippen molar-refractivity contribution in [2.24, 2.45) is 0 Å². The molecular formula is C15H16F3NO4. The number of aliphatic carboxylic acids is 1. The Hall–Kier alpha value is -2.38. The van der Waals surface area contributed by atoms with Gasteiger partial charge >= 0.3 is 18.1 Å². The number of ketones is 1. The molecule has 1 aromatic rings. The summed E-state index contributed by atoms with van der Waals surface area (Å²) in [4.78, 5) is 33.7. The van der Waals surface area contributed by atoms with Gasteiger partial charge in [-0.3, -0.25) is 9.59 Å². The number of rotatable bonds is 7. The Labute approximate surface area is 130 Å². The highest BCUT2D eigenvalue weighted by Crippen LogP contribution is 2.16. The first-order chi connectivity index (χ1) is 10.6. The van der Waals surface area contributed by atoms with Crippen LogP contribution in [0.3, 0.4) is 0 Å². The Morgan fingerprint density at radius 2 is 1.74 bits per heavy atom. The first kappa shape index (κ1) is 18.7. The average Bonchev–Trinajstić information content (AvgIpc) is 2.46. The number of aryl methyl sites for hydroxylation is 1. The molecule has 0 unspecified atom stereocenters. The van der Waals surface area contributed by atoms with Crippen molar-refractivity contribution in [1.82, 2.24) is 5.32 Å². The summed E-state index contributed by atoms with van der Waals surface area (Å²) < 4.78 is 36.5. The van der Waals surface area contributed by atoms with Gasteiger partial charge in [-0.2, -0.15) is 13.2 Å². The summed E-state index contributed by atoms with van der Waals surface area (Å²) in [6.07, 6.45) is -4.24. The second-order valence-corrected chi connectivity index (χ2v) is 4.94. The number of carboxylic acid groups (broad SMARTS) is 1. The maximum Gasteiger partial charge on any atom is 0.471 e. The van der Waals surface area contributed by atoms with Gasteiger partial charge in [0, 0.05) is 12.0 Å². The first-order valence-corrected chi connectivity index (χ1v) is 6.87. The van der Waals surface area contributed by atoms with E-state index >= 15 is 0 Å². The van der Waals surface area contributed by atoms with Crippen LogP contribution in [0, 0.1) is 0 Å². The summed E-state index contributed by atoms with van der Waals surface area (Å²) in [5, 5.41) is 10.2. The van der Waals surface area contributed by atoms with E-state index in [2.05, 4.69) is 0 Å². The van der Waals surface area contributed by atoms with Crippen molar-refractivity contribution in [2.75, 3.05) is 0 Å². The fourth-order valence-corrected chi connectivity index (χ4v) is 1.89. The molecule has 1 atom stereocenters. The summed E-state index contributed by atoms with van der Waals surface area (Å²) in [6.45, 7) is 1.99. The summed E-state index contributed by atoms with van der Waals surface area (Å²) in [5.41, 5.74) is 1.17. The van der Waals surface area contributed by atoms with E-state index in [-0.39, 0.29) is 5.56 Å². The van der Waals surface area contributed by atoms with E-state index < -0.39 is 36.3 Å². The Morgan fingerprint density at radius 3 is 2.17 bits per heavy atom. The minimum Gasteiger partial charge on any atom is -0.480 e. The van der Waals surface area contributed by atoms with Crippen LogP contribution in [0.4, 0.5) is 13.2 Å². The number of amides is 1. The van der Waals surface area contributed by atoms with E-state index in [1.807, 2.05) is 6.92 Å². The third kappa shape index (κ3) is 5.72. The van der Waals surface area contributed by atoms with Crippen molar-refractivity contribution in [3.8, 4) is 0 Å². The minimum absolute atomic E-state index is 0.178. The highest BCUT2D eigenvalue weighted by molar-refractivity contribution is 5.99. The number of hydrogen-bond acceptors (Lipinski definition) is 3. The van der Waals surface area contributed by atoms with Crippen LogP contribution in [0.1, 0.15) is 35.7 Å². The van der Waals surface area contributed by atoms with Crippen LogP contribution in [0.15, 0.2) is 24.3 Å². The van der Waals surface area contributed by atoms with Gasteiger partial charge in [0.15, 0.2) is 5.78 Å². The van der Waals surface area contributed by atoms with E-state index in [0.29, 0.717) is 0 Å². The van der Waals surface area contributed by atoms with Crippen molar-refractivity contribution < 1.29 is 32.7 Å². The molecule has 0 fully saturated rings. The Balaban J connectivity index is 2.78. The maximum absolute atomic E-state index is 12.2. The number of Topliss-reactive ketones (excluding diaryl/α,β-unsaturated/α-hetero) is 1. The number of nitrogens with one attached hydrogen (secondary N) is 1. The first-order valence-electron chi connectivity index (χ1n) is 6.87. The zero-order valence-corrected chi connectivity index (χ0v) is 12.3. The molecule has 5 nitrogen and oxygen atoms in total. The number of hydrogen-bond donors (Lipinski definition) is 2. The Kier molecular flexibility index (Phi) is 6.29. The average molecular weight is 331 g/mol. The van der Waals surface area contributed by atoms with Gasteiger partial charge < -0.3 is 10.4 Å². The van der Waals surface area contributed by atoms with Crippen molar-refractivity contribution in [3.63, 3.8) is 0 Å². The van der Waals surface area contributed by atoms with Crippen molar-refractivity contribution in [3.05, 3.63) is 35.4 Å². The highest BCUT2D eigenvalue weighted by atomic mass is 19.4. The summed E-state index contributed by atoms with van der Waals surface area (Å²) in [6, 6.07) is 4.42. The number of carbonyl (C=O) groups excluding carboxylic acids is 2. The van der Waals surface area contributed by atoms with Gasteiger partial charge in [-0.1, -0.05) is 37.6 Å². The molecule has 0 heterocycles. The number of alkyl halides is 3. The van der Waals surface area contributed by atoms with Crippen molar-refractivity contribution in [1.29, 1.82) is 0 Å². The smallest absolute Gasteiger partial charge is 0.471 e.